The van der Waals surface area contributed by atoms with Gasteiger partial charge in [0, 0.05) is 11.9 Å². The highest BCUT2D eigenvalue weighted by Gasteiger charge is 2.26. The van der Waals surface area contributed by atoms with E-state index in [0.29, 0.717) is 6.61 Å². The summed E-state index contributed by atoms with van der Waals surface area (Å²) in [4.78, 5) is 21.8. The minimum Gasteiger partial charge on any atom is -0.460 e. The predicted octanol–water partition coefficient (Wildman–Crippen LogP) is 5.29. The molecule has 0 saturated carbocycles. The molecule has 0 aliphatic heterocycles. The van der Waals surface area contributed by atoms with Gasteiger partial charge in [-0.2, -0.15) is 26.3 Å². The third-order valence-electron chi connectivity index (χ3n) is 3.88. The lowest BCUT2D eigenvalue weighted by molar-refractivity contribution is -0.145. The first-order valence-corrected chi connectivity index (χ1v) is 12.0. The Morgan fingerprint density at radius 3 is 1.54 bits per heavy atom. The molecule has 0 heterocycles. The highest BCUT2D eigenvalue weighted by atomic mass is 79.9. The fourth-order valence-electron chi connectivity index (χ4n) is 2.11. The molecule has 37 heavy (non-hydrogen) atoms. The fraction of sp³-hybridized carbons (Fsp3) is 0.417. The van der Waals surface area contributed by atoms with Gasteiger partial charge in [0.2, 0.25) is 0 Å². The highest BCUT2D eigenvalue weighted by molar-refractivity contribution is 9.09. The summed E-state index contributed by atoms with van der Waals surface area (Å²) in [5.41, 5.74) is 6.87. The molecular weight excluding hydrogens is 574 g/mol. The second kappa shape index (κ2) is 19.5. The van der Waals surface area contributed by atoms with Gasteiger partial charge in [0.15, 0.2) is 0 Å². The summed E-state index contributed by atoms with van der Waals surface area (Å²) >= 11 is 2.67. The van der Waals surface area contributed by atoms with Crippen molar-refractivity contribution >= 4 is 27.9 Å². The summed E-state index contributed by atoms with van der Waals surface area (Å²) in [6.07, 6.45) is -9.91. The predicted molar refractivity (Wildman–Crippen MR) is 130 cm³/mol. The van der Waals surface area contributed by atoms with Gasteiger partial charge in [-0.3, -0.25) is 9.59 Å². The summed E-state index contributed by atoms with van der Waals surface area (Å²) in [7, 11) is 0. The molecule has 0 radical (unpaired) electrons. The lowest BCUT2D eigenvalue weighted by Gasteiger charge is -2.08. The molecule has 208 valence electrons. The summed E-state index contributed by atoms with van der Waals surface area (Å²) in [6.45, 7) is -0.142. The number of benzene rings is 2. The molecule has 2 aromatic carbocycles. The number of ether oxygens (including phenoxy) is 2. The van der Waals surface area contributed by atoms with E-state index in [2.05, 4.69) is 21.2 Å². The summed E-state index contributed by atoms with van der Waals surface area (Å²) in [5.74, 6) is -0.945. The van der Waals surface area contributed by atoms with Crippen LogP contribution < -0.4 is 11.1 Å². The molecule has 0 spiro atoms. The Kier molecular flexibility index (Phi) is 18.1. The molecule has 0 aliphatic carbocycles. The van der Waals surface area contributed by atoms with Crippen LogP contribution in [0, 0.1) is 0 Å². The minimum atomic E-state index is -4.21. The average Bonchev–Trinajstić information content (AvgIpc) is 2.84. The Morgan fingerprint density at radius 2 is 1.19 bits per heavy atom. The van der Waals surface area contributed by atoms with Crippen LogP contribution in [0.1, 0.15) is 24.0 Å². The third kappa shape index (κ3) is 23.5. The van der Waals surface area contributed by atoms with Gasteiger partial charge in [0.25, 0.3) is 0 Å². The zero-order valence-corrected chi connectivity index (χ0v) is 21.4. The second-order valence-electron chi connectivity index (χ2n) is 7.09. The number of esters is 2. The van der Waals surface area contributed by atoms with Crippen LogP contribution in [0.4, 0.5) is 26.3 Å². The monoisotopic (exact) mass is 602 g/mol. The number of carbonyl (C=O) groups is 2. The van der Waals surface area contributed by atoms with Gasteiger partial charge in [0.05, 0.1) is 25.9 Å². The van der Waals surface area contributed by atoms with Crippen molar-refractivity contribution in [2.75, 3.05) is 25.0 Å². The van der Waals surface area contributed by atoms with Crippen LogP contribution in [-0.2, 0) is 32.3 Å². The van der Waals surface area contributed by atoms with E-state index in [1.54, 1.807) is 12.1 Å². The SMILES string of the molecule is FC(F)(F)CCBr.NCC(=O)OCc1ccccc1.O=C(CNCCC(F)(F)F)OCc1ccccc1. The van der Waals surface area contributed by atoms with Gasteiger partial charge in [-0.1, -0.05) is 76.6 Å². The van der Waals surface area contributed by atoms with Crippen LogP contribution >= 0.6 is 15.9 Å². The average molecular weight is 603 g/mol. The van der Waals surface area contributed by atoms with Crippen molar-refractivity contribution in [2.45, 2.75) is 38.4 Å². The van der Waals surface area contributed by atoms with Gasteiger partial charge >= 0.3 is 24.3 Å². The van der Waals surface area contributed by atoms with Gasteiger partial charge in [-0.05, 0) is 11.1 Å². The third-order valence-corrected chi connectivity index (χ3v) is 4.28. The van der Waals surface area contributed by atoms with Crippen molar-refractivity contribution in [3.05, 3.63) is 71.8 Å². The van der Waals surface area contributed by atoms with E-state index in [4.69, 9.17) is 15.2 Å². The normalized spacial score (nSPS) is 10.8. The Labute approximate surface area is 219 Å². The van der Waals surface area contributed by atoms with Crippen molar-refractivity contribution in [1.29, 1.82) is 0 Å². The number of halogens is 7. The van der Waals surface area contributed by atoms with E-state index in [0.717, 1.165) is 11.1 Å². The van der Waals surface area contributed by atoms with Crippen molar-refractivity contribution in [1.82, 2.24) is 5.32 Å². The first kappa shape index (κ1) is 34.4. The molecule has 2 rings (SSSR count). The molecule has 0 aromatic heterocycles. The summed E-state index contributed by atoms with van der Waals surface area (Å²) < 4.78 is 78.1. The highest BCUT2D eigenvalue weighted by Crippen LogP contribution is 2.19. The molecule has 0 atom stereocenters. The second-order valence-corrected chi connectivity index (χ2v) is 7.89. The van der Waals surface area contributed by atoms with Crippen LogP contribution in [0.2, 0.25) is 0 Å². The van der Waals surface area contributed by atoms with Crippen molar-refractivity contribution in [3.8, 4) is 0 Å². The van der Waals surface area contributed by atoms with Crippen molar-refractivity contribution in [2.24, 2.45) is 5.73 Å². The van der Waals surface area contributed by atoms with Gasteiger partial charge in [0.1, 0.15) is 13.2 Å². The Hall–Kier alpha value is -2.64. The van der Waals surface area contributed by atoms with E-state index in [1.165, 1.54) is 0 Å². The molecule has 0 aliphatic rings. The fourth-order valence-corrected chi connectivity index (χ4v) is 2.56. The minimum absolute atomic E-state index is 0.00347. The molecule has 0 saturated heterocycles. The Bertz CT molecular complexity index is 869. The number of nitrogens with one attached hydrogen (secondary N) is 1. The van der Waals surface area contributed by atoms with E-state index in [1.807, 2.05) is 48.5 Å². The lowest BCUT2D eigenvalue weighted by atomic mass is 10.2. The maximum Gasteiger partial charge on any atom is 0.390 e. The molecule has 0 fully saturated rings. The van der Waals surface area contributed by atoms with E-state index < -0.39 is 31.2 Å². The van der Waals surface area contributed by atoms with E-state index in [-0.39, 0.29) is 37.5 Å². The number of alkyl halides is 7. The standard InChI is InChI=1S/C12H14F3NO2.C9H11NO2.C3H4BrF3/c13-12(14,15)6-7-16-8-11(17)18-9-10-4-2-1-3-5-10;10-6-9(11)12-7-8-4-2-1-3-5-8;4-2-1-3(5,6)7/h1-5,16H,6-9H2;1-5H,6-7,10H2;1-2H2. The smallest absolute Gasteiger partial charge is 0.390 e. The summed E-state index contributed by atoms with van der Waals surface area (Å²) in [6, 6.07) is 18.5. The molecule has 0 unspecified atom stereocenters. The molecule has 6 nitrogen and oxygen atoms in total. The Morgan fingerprint density at radius 1 is 0.757 bits per heavy atom. The molecular formula is C24H29BrF6N2O4. The molecule has 0 amide bonds. The zero-order valence-electron chi connectivity index (χ0n) is 19.8. The Balaban J connectivity index is 0.000000586. The van der Waals surface area contributed by atoms with Gasteiger partial charge < -0.3 is 20.5 Å². The molecule has 13 heteroatoms. The zero-order chi connectivity index (χ0) is 28.2. The maximum atomic E-state index is 11.8. The number of nitrogens with two attached hydrogens (primary N) is 1. The van der Waals surface area contributed by atoms with Gasteiger partial charge in [-0.25, -0.2) is 0 Å². The molecule has 2 aromatic rings. The first-order valence-electron chi connectivity index (χ1n) is 10.9. The molecule has 0 bridgehead atoms. The lowest BCUT2D eigenvalue weighted by Crippen LogP contribution is -2.28. The van der Waals surface area contributed by atoms with Crippen molar-refractivity contribution in [3.63, 3.8) is 0 Å². The van der Waals surface area contributed by atoms with Crippen LogP contribution in [-0.4, -0.2) is 49.3 Å². The maximum absolute atomic E-state index is 11.8. The van der Waals surface area contributed by atoms with Crippen LogP contribution in [0.3, 0.4) is 0 Å². The van der Waals surface area contributed by atoms with E-state index in [9.17, 15) is 35.9 Å². The number of carbonyl (C=O) groups excluding carboxylic acids is 2. The van der Waals surface area contributed by atoms with Crippen LogP contribution in [0.15, 0.2) is 60.7 Å². The largest absolute Gasteiger partial charge is 0.460 e. The van der Waals surface area contributed by atoms with E-state index >= 15 is 0 Å². The molecule has 3 N–H and O–H groups in total. The van der Waals surface area contributed by atoms with Crippen molar-refractivity contribution < 1.29 is 45.4 Å². The summed E-state index contributed by atoms with van der Waals surface area (Å²) in [5, 5.41) is 2.38. The number of hydrogen-bond donors (Lipinski definition) is 2. The number of rotatable bonds is 10. The van der Waals surface area contributed by atoms with Crippen LogP contribution in [0.5, 0.6) is 0 Å². The van der Waals surface area contributed by atoms with Crippen LogP contribution in [0.25, 0.3) is 0 Å². The number of hydrogen-bond acceptors (Lipinski definition) is 6. The topological polar surface area (TPSA) is 90.7 Å². The quantitative estimate of drug-likeness (QED) is 0.166. The first-order chi connectivity index (χ1) is 17.4. The van der Waals surface area contributed by atoms with Gasteiger partial charge in [-0.15, -0.1) is 0 Å².